The lowest BCUT2D eigenvalue weighted by Crippen LogP contribution is -2.21. The minimum absolute atomic E-state index is 0.329. The largest absolute Gasteiger partial charge is 0.478 e. The van der Waals surface area contributed by atoms with Gasteiger partial charge < -0.3 is 20.3 Å². The Morgan fingerprint density at radius 2 is 2.00 bits per heavy atom. The number of rotatable bonds is 6. The first kappa shape index (κ1) is 15.1. The Morgan fingerprint density at radius 3 is 2.68 bits per heavy atom. The van der Waals surface area contributed by atoms with Crippen LogP contribution in [0.15, 0.2) is 24.4 Å². The minimum atomic E-state index is -0.888. The van der Waals surface area contributed by atoms with Crippen molar-refractivity contribution in [2.45, 2.75) is 25.8 Å². The number of aromatic carboxylic acids is 1. The monoisotopic (exact) mass is 301 g/mol. The highest BCUT2D eigenvalue weighted by molar-refractivity contribution is 5.94. The van der Waals surface area contributed by atoms with Gasteiger partial charge in [0.25, 0.3) is 0 Å². The summed E-state index contributed by atoms with van der Waals surface area (Å²) in [6.07, 6.45) is 5.74. The molecule has 118 valence electrons. The molecule has 2 aromatic rings. The summed E-state index contributed by atoms with van der Waals surface area (Å²) in [5, 5.41) is 10.3. The van der Waals surface area contributed by atoms with Crippen LogP contribution >= 0.6 is 0 Å². The second kappa shape index (κ2) is 6.50. The molecule has 1 aromatic heterocycles. The molecule has 1 aliphatic rings. The molecule has 0 saturated carbocycles. The van der Waals surface area contributed by atoms with Crippen molar-refractivity contribution in [1.29, 1.82) is 0 Å². The van der Waals surface area contributed by atoms with E-state index in [1.54, 1.807) is 12.1 Å². The van der Waals surface area contributed by atoms with E-state index in [2.05, 4.69) is 15.7 Å². The topological polar surface area (TPSA) is 71.5 Å². The molecular formula is C17H23N3O2. The summed E-state index contributed by atoms with van der Waals surface area (Å²) in [4.78, 5) is 13.7. The van der Waals surface area contributed by atoms with Crippen LogP contribution in [0.4, 0.5) is 0 Å². The minimum Gasteiger partial charge on any atom is -0.478 e. The number of nitrogens with two attached hydrogens (primary N) is 1. The van der Waals surface area contributed by atoms with E-state index in [0.717, 1.165) is 23.9 Å². The summed E-state index contributed by atoms with van der Waals surface area (Å²) in [5.74, 6) is -0.888. The molecule has 0 bridgehead atoms. The molecule has 0 spiro atoms. The van der Waals surface area contributed by atoms with Crippen molar-refractivity contribution in [3.05, 3.63) is 35.5 Å². The van der Waals surface area contributed by atoms with Gasteiger partial charge in [0, 0.05) is 36.7 Å². The van der Waals surface area contributed by atoms with Crippen LogP contribution < -0.4 is 5.73 Å². The zero-order valence-corrected chi connectivity index (χ0v) is 12.8. The Balaban J connectivity index is 1.90. The summed E-state index contributed by atoms with van der Waals surface area (Å²) < 4.78 is 2.08. The Hall–Kier alpha value is -1.85. The normalized spacial score (nSPS) is 15.7. The molecule has 1 saturated heterocycles. The van der Waals surface area contributed by atoms with E-state index in [0.29, 0.717) is 18.7 Å². The molecule has 0 atom stereocenters. The van der Waals surface area contributed by atoms with E-state index in [4.69, 9.17) is 5.73 Å². The molecule has 0 amide bonds. The highest BCUT2D eigenvalue weighted by atomic mass is 16.4. The molecule has 3 N–H and O–H groups in total. The Labute approximate surface area is 130 Å². The van der Waals surface area contributed by atoms with Crippen LogP contribution in [0.2, 0.25) is 0 Å². The van der Waals surface area contributed by atoms with E-state index in [-0.39, 0.29) is 0 Å². The predicted octanol–water partition coefficient (Wildman–Crippen LogP) is 1.94. The van der Waals surface area contributed by atoms with E-state index >= 15 is 0 Å². The van der Waals surface area contributed by atoms with Crippen LogP contribution in [0.1, 0.15) is 28.8 Å². The van der Waals surface area contributed by atoms with Gasteiger partial charge in [-0.25, -0.2) is 4.79 Å². The zero-order valence-electron chi connectivity index (χ0n) is 12.8. The average Bonchev–Trinajstić information content (AvgIpc) is 3.13. The summed E-state index contributed by atoms with van der Waals surface area (Å²) in [5.41, 5.74) is 8.27. The van der Waals surface area contributed by atoms with Crippen LogP contribution in [0.5, 0.6) is 0 Å². The number of fused-ring (bicyclic) bond motifs is 1. The highest BCUT2D eigenvalue weighted by Crippen LogP contribution is 2.24. The molecule has 0 aliphatic carbocycles. The van der Waals surface area contributed by atoms with Gasteiger partial charge in [-0.05, 0) is 50.0 Å². The van der Waals surface area contributed by atoms with Crippen molar-refractivity contribution in [2.24, 2.45) is 5.73 Å². The second-order valence-electron chi connectivity index (χ2n) is 5.97. The summed E-state index contributed by atoms with van der Waals surface area (Å²) >= 11 is 0. The van der Waals surface area contributed by atoms with Crippen molar-refractivity contribution in [3.8, 4) is 0 Å². The van der Waals surface area contributed by atoms with Crippen molar-refractivity contribution < 1.29 is 9.90 Å². The smallest absolute Gasteiger partial charge is 0.335 e. The van der Waals surface area contributed by atoms with Gasteiger partial charge in [0.05, 0.1) is 5.56 Å². The van der Waals surface area contributed by atoms with Crippen molar-refractivity contribution in [3.63, 3.8) is 0 Å². The average molecular weight is 301 g/mol. The third-order valence-corrected chi connectivity index (χ3v) is 4.48. The first-order valence-electron chi connectivity index (χ1n) is 7.96. The van der Waals surface area contributed by atoms with E-state index in [1.165, 1.54) is 31.5 Å². The van der Waals surface area contributed by atoms with E-state index < -0.39 is 5.97 Å². The molecule has 1 aromatic carbocycles. The highest BCUT2D eigenvalue weighted by Gasteiger charge is 2.15. The van der Waals surface area contributed by atoms with Gasteiger partial charge in [-0.15, -0.1) is 0 Å². The fraction of sp³-hybridized carbons (Fsp3) is 0.471. The van der Waals surface area contributed by atoms with Gasteiger partial charge in [-0.2, -0.15) is 0 Å². The second-order valence-corrected chi connectivity index (χ2v) is 5.97. The molecular weight excluding hydrogens is 278 g/mol. The number of aromatic nitrogens is 1. The number of hydrogen-bond donors (Lipinski definition) is 2. The molecule has 22 heavy (non-hydrogen) atoms. The SMILES string of the molecule is NCCn1cc(CCN2CCCC2)c2ccc(C(=O)O)cc21. The van der Waals surface area contributed by atoms with Crippen LogP contribution in [-0.2, 0) is 13.0 Å². The summed E-state index contributed by atoms with van der Waals surface area (Å²) in [6, 6.07) is 5.38. The van der Waals surface area contributed by atoms with Gasteiger partial charge in [0.2, 0.25) is 0 Å². The van der Waals surface area contributed by atoms with Gasteiger partial charge in [-0.3, -0.25) is 0 Å². The van der Waals surface area contributed by atoms with Crippen molar-refractivity contribution in [1.82, 2.24) is 9.47 Å². The molecule has 1 fully saturated rings. The maximum atomic E-state index is 11.2. The standard InChI is InChI=1S/C17H23N3O2/c18-6-10-20-12-14(5-9-19-7-1-2-8-19)15-4-3-13(17(21)22)11-16(15)20/h3-4,11-12H,1-2,5-10,18H2,(H,21,22). The van der Waals surface area contributed by atoms with Crippen LogP contribution in [-0.4, -0.2) is 46.7 Å². The van der Waals surface area contributed by atoms with Crippen LogP contribution in [0, 0.1) is 0 Å². The third-order valence-electron chi connectivity index (χ3n) is 4.48. The number of nitrogens with zero attached hydrogens (tertiary/aromatic N) is 2. The number of hydrogen-bond acceptors (Lipinski definition) is 3. The molecule has 5 heteroatoms. The van der Waals surface area contributed by atoms with E-state index in [9.17, 15) is 9.90 Å². The van der Waals surface area contributed by atoms with Gasteiger partial charge in [0.1, 0.15) is 0 Å². The van der Waals surface area contributed by atoms with Crippen LogP contribution in [0.3, 0.4) is 0 Å². The van der Waals surface area contributed by atoms with Crippen molar-refractivity contribution >= 4 is 16.9 Å². The first-order valence-corrected chi connectivity index (χ1v) is 7.96. The number of benzene rings is 1. The number of carbonyl (C=O) groups is 1. The van der Waals surface area contributed by atoms with Gasteiger partial charge in [-0.1, -0.05) is 6.07 Å². The molecule has 1 aliphatic heterocycles. The van der Waals surface area contributed by atoms with Crippen molar-refractivity contribution in [2.75, 3.05) is 26.2 Å². The number of carboxylic acid groups (broad SMARTS) is 1. The molecule has 0 radical (unpaired) electrons. The fourth-order valence-corrected chi connectivity index (χ4v) is 3.31. The Kier molecular flexibility index (Phi) is 4.45. The number of likely N-dealkylation sites (tertiary alicyclic amines) is 1. The Morgan fingerprint density at radius 1 is 1.23 bits per heavy atom. The molecule has 0 unspecified atom stereocenters. The lowest BCUT2D eigenvalue weighted by molar-refractivity contribution is 0.0697. The first-order chi connectivity index (χ1) is 10.7. The molecule has 5 nitrogen and oxygen atoms in total. The van der Waals surface area contributed by atoms with Gasteiger partial charge in [0.15, 0.2) is 0 Å². The zero-order chi connectivity index (χ0) is 15.5. The fourth-order valence-electron chi connectivity index (χ4n) is 3.31. The maximum absolute atomic E-state index is 11.2. The maximum Gasteiger partial charge on any atom is 0.335 e. The quantitative estimate of drug-likeness (QED) is 0.855. The predicted molar refractivity (Wildman–Crippen MR) is 87.3 cm³/mol. The third kappa shape index (κ3) is 3.00. The lowest BCUT2D eigenvalue weighted by atomic mass is 10.1. The lowest BCUT2D eigenvalue weighted by Gasteiger charge is -2.13. The van der Waals surface area contributed by atoms with Crippen LogP contribution in [0.25, 0.3) is 10.9 Å². The Bertz CT molecular complexity index is 672. The molecule has 2 heterocycles. The summed E-state index contributed by atoms with van der Waals surface area (Å²) in [7, 11) is 0. The van der Waals surface area contributed by atoms with E-state index in [1.807, 2.05) is 6.07 Å². The van der Waals surface area contributed by atoms with Gasteiger partial charge >= 0.3 is 5.97 Å². The number of carboxylic acids is 1. The summed E-state index contributed by atoms with van der Waals surface area (Å²) in [6.45, 7) is 4.73. The molecule has 3 rings (SSSR count).